The number of nitrogens with zero attached hydrogens (tertiary/aromatic N) is 2. The van der Waals surface area contributed by atoms with Gasteiger partial charge in [0, 0.05) is 12.5 Å². The van der Waals surface area contributed by atoms with Crippen LogP contribution in [0.4, 0.5) is 0 Å². The van der Waals surface area contributed by atoms with E-state index >= 15 is 0 Å². The van der Waals surface area contributed by atoms with Crippen molar-refractivity contribution < 1.29 is 18.8 Å². The first kappa shape index (κ1) is 20.4. The number of carbonyl (C=O) groups excluding carboxylic acids is 1. The van der Waals surface area contributed by atoms with Gasteiger partial charge in [-0.2, -0.15) is 4.98 Å². The predicted molar refractivity (Wildman–Crippen MR) is 108 cm³/mol. The molecule has 3 aromatic rings. The highest BCUT2D eigenvalue weighted by molar-refractivity contribution is 5.94. The zero-order valence-corrected chi connectivity index (χ0v) is 17.0. The van der Waals surface area contributed by atoms with Crippen LogP contribution < -0.4 is 14.8 Å². The summed E-state index contributed by atoms with van der Waals surface area (Å²) in [6, 6.07) is 14.5. The number of amides is 1. The highest BCUT2D eigenvalue weighted by Gasteiger charge is 2.13. The van der Waals surface area contributed by atoms with Crippen LogP contribution in [-0.4, -0.2) is 22.2 Å². The van der Waals surface area contributed by atoms with Gasteiger partial charge in [0.2, 0.25) is 11.7 Å². The smallest absolute Gasteiger partial charge is 0.251 e. The van der Waals surface area contributed by atoms with Crippen LogP contribution in [0.1, 0.15) is 54.4 Å². The topological polar surface area (TPSA) is 86.5 Å². The van der Waals surface area contributed by atoms with Gasteiger partial charge >= 0.3 is 0 Å². The number of carbonyl (C=O) groups is 1. The van der Waals surface area contributed by atoms with Crippen molar-refractivity contribution in [3.63, 3.8) is 0 Å². The van der Waals surface area contributed by atoms with E-state index in [4.69, 9.17) is 14.0 Å². The molecule has 1 amide bonds. The van der Waals surface area contributed by atoms with Gasteiger partial charge in [-0.3, -0.25) is 4.79 Å². The molecule has 0 aliphatic rings. The molecule has 1 heterocycles. The number of aryl methyl sites for hydroxylation is 1. The first-order valence-electron chi connectivity index (χ1n) is 9.50. The predicted octanol–water partition coefficient (Wildman–Crippen LogP) is 4.24. The van der Waals surface area contributed by atoms with Gasteiger partial charge in [0.05, 0.1) is 12.1 Å². The van der Waals surface area contributed by atoms with Gasteiger partial charge in [-0.25, -0.2) is 0 Å². The molecule has 152 valence electrons. The van der Waals surface area contributed by atoms with E-state index in [1.54, 1.807) is 31.2 Å². The Hall–Kier alpha value is -3.35. The SMILES string of the molecule is Cc1nc(COc2ccc(C(=O)NC(C)c3cccc(OC(C)C)c3)cc2)no1. The first-order valence-corrected chi connectivity index (χ1v) is 9.50. The third-order valence-electron chi connectivity index (χ3n) is 4.13. The maximum Gasteiger partial charge on any atom is 0.251 e. The van der Waals surface area contributed by atoms with E-state index < -0.39 is 0 Å². The lowest BCUT2D eigenvalue weighted by Crippen LogP contribution is -2.26. The highest BCUT2D eigenvalue weighted by Crippen LogP contribution is 2.21. The number of rotatable bonds is 8. The van der Waals surface area contributed by atoms with E-state index in [2.05, 4.69) is 15.5 Å². The average molecular weight is 395 g/mol. The minimum atomic E-state index is -0.159. The van der Waals surface area contributed by atoms with Crippen LogP contribution in [-0.2, 0) is 6.61 Å². The number of hydrogen-bond acceptors (Lipinski definition) is 6. The summed E-state index contributed by atoms with van der Waals surface area (Å²) in [7, 11) is 0. The molecule has 7 heteroatoms. The van der Waals surface area contributed by atoms with Crippen molar-refractivity contribution in [2.45, 2.75) is 46.4 Å². The summed E-state index contributed by atoms with van der Waals surface area (Å²) >= 11 is 0. The molecular formula is C22H25N3O4. The van der Waals surface area contributed by atoms with Crippen molar-refractivity contribution in [1.29, 1.82) is 0 Å². The summed E-state index contributed by atoms with van der Waals surface area (Å²) < 4.78 is 16.2. The highest BCUT2D eigenvalue weighted by atomic mass is 16.5. The second-order valence-corrected chi connectivity index (χ2v) is 6.98. The average Bonchev–Trinajstić information content (AvgIpc) is 3.11. The number of benzene rings is 2. The molecule has 1 unspecified atom stereocenters. The summed E-state index contributed by atoms with van der Waals surface area (Å²) in [6.45, 7) is 7.83. The van der Waals surface area contributed by atoms with E-state index in [1.807, 2.05) is 45.0 Å². The summed E-state index contributed by atoms with van der Waals surface area (Å²) in [5.41, 5.74) is 1.53. The minimum absolute atomic E-state index is 0.0972. The molecule has 0 bridgehead atoms. The van der Waals surface area contributed by atoms with E-state index in [-0.39, 0.29) is 24.7 Å². The summed E-state index contributed by atoms with van der Waals surface area (Å²) in [5, 5.41) is 6.78. The van der Waals surface area contributed by atoms with Crippen molar-refractivity contribution in [2.24, 2.45) is 0 Å². The Balaban J connectivity index is 1.57. The molecule has 1 aromatic heterocycles. The van der Waals surface area contributed by atoms with Gasteiger partial charge in [-0.05, 0) is 62.7 Å². The van der Waals surface area contributed by atoms with Gasteiger partial charge in [0.25, 0.3) is 5.91 Å². The van der Waals surface area contributed by atoms with Crippen LogP contribution in [0.3, 0.4) is 0 Å². The van der Waals surface area contributed by atoms with Crippen LogP contribution in [0.5, 0.6) is 11.5 Å². The molecule has 0 saturated carbocycles. The fraction of sp³-hybridized carbons (Fsp3) is 0.318. The van der Waals surface area contributed by atoms with Crippen LogP contribution >= 0.6 is 0 Å². The molecule has 0 spiro atoms. The van der Waals surface area contributed by atoms with Crippen LogP contribution in [0.25, 0.3) is 0 Å². The molecule has 7 nitrogen and oxygen atoms in total. The number of hydrogen-bond donors (Lipinski definition) is 1. The fourth-order valence-corrected chi connectivity index (χ4v) is 2.74. The van der Waals surface area contributed by atoms with Gasteiger partial charge in [-0.1, -0.05) is 17.3 Å². The molecule has 0 saturated heterocycles. The molecule has 0 radical (unpaired) electrons. The Bertz CT molecular complexity index is 951. The Labute approximate surface area is 170 Å². The zero-order valence-electron chi connectivity index (χ0n) is 17.0. The van der Waals surface area contributed by atoms with Crippen LogP contribution in [0, 0.1) is 6.92 Å². The van der Waals surface area contributed by atoms with Gasteiger partial charge in [0.15, 0.2) is 6.61 Å². The molecule has 0 aliphatic carbocycles. The monoisotopic (exact) mass is 395 g/mol. The standard InChI is InChI=1S/C22H25N3O4/c1-14(2)28-20-7-5-6-18(12-20)15(3)23-22(26)17-8-10-19(11-9-17)27-13-21-24-16(4)29-25-21/h5-12,14-15H,13H2,1-4H3,(H,23,26). The second kappa shape index (κ2) is 9.23. The van der Waals surface area contributed by atoms with Crippen molar-refractivity contribution >= 4 is 5.91 Å². The molecule has 0 aliphatic heterocycles. The molecule has 3 rings (SSSR count). The van der Waals surface area contributed by atoms with E-state index in [0.717, 1.165) is 11.3 Å². The third-order valence-corrected chi connectivity index (χ3v) is 4.13. The Morgan fingerprint density at radius 2 is 1.86 bits per heavy atom. The lowest BCUT2D eigenvalue weighted by molar-refractivity contribution is 0.0939. The zero-order chi connectivity index (χ0) is 20.8. The van der Waals surface area contributed by atoms with Crippen LogP contribution in [0.2, 0.25) is 0 Å². The molecule has 1 N–H and O–H groups in total. The summed E-state index contributed by atoms with van der Waals surface area (Å²) in [4.78, 5) is 16.6. The lowest BCUT2D eigenvalue weighted by atomic mass is 10.1. The van der Waals surface area contributed by atoms with Gasteiger partial charge in [0.1, 0.15) is 11.5 Å². The Morgan fingerprint density at radius 1 is 1.10 bits per heavy atom. The largest absolute Gasteiger partial charge is 0.491 e. The number of aromatic nitrogens is 2. The van der Waals surface area contributed by atoms with Crippen molar-refractivity contribution in [3.05, 3.63) is 71.4 Å². The van der Waals surface area contributed by atoms with E-state index in [1.165, 1.54) is 0 Å². The van der Waals surface area contributed by atoms with E-state index in [9.17, 15) is 4.79 Å². The molecule has 0 fully saturated rings. The number of nitrogens with one attached hydrogen (secondary N) is 1. The number of ether oxygens (including phenoxy) is 2. The van der Waals surface area contributed by atoms with Crippen molar-refractivity contribution in [3.8, 4) is 11.5 Å². The van der Waals surface area contributed by atoms with Crippen molar-refractivity contribution in [1.82, 2.24) is 15.5 Å². The Kier molecular flexibility index (Phi) is 6.49. The van der Waals surface area contributed by atoms with Crippen molar-refractivity contribution in [2.75, 3.05) is 0 Å². The lowest BCUT2D eigenvalue weighted by Gasteiger charge is -2.17. The van der Waals surface area contributed by atoms with Gasteiger partial charge in [-0.15, -0.1) is 0 Å². The normalized spacial score (nSPS) is 11.9. The quantitative estimate of drug-likeness (QED) is 0.614. The van der Waals surface area contributed by atoms with Gasteiger partial charge < -0.3 is 19.3 Å². The molecule has 1 atom stereocenters. The first-order chi connectivity index (χ1) is 13.9. The summed E-state index contributed by atoms with van der Waals surface area (Å²) in [5.74, 6) is 2.22. The molecular weight excluding hydrogens is 370 g/mol. The minimum Gasteiger partial charge on any atom is -0.491 e. The molecule has 2 aromatic carbocycles. The second-order valence-electron chi connectivity index (χ2n) is 6.98. The molecule has 29 heavy (non-hydrogen) atoms. The fourth-order valence-electron chi connectivity index (χ4n) is 2.74. The Morgan fingerprint density at radius 3 is 2.52 bits per heavy atom. The third kappa shape index (κ3) is 5.81. The van der Waals surface area contributed by atoms with E-state index in [0.29, 0.717) is 23.0 Å². The van der Waals surface area contributed by atoms with Crippen LogP contribution in [0.15, 0.2) is 53.1 Å². The maximum atomic E-state index is 12.6. The summed E-state index contributed by atoms with van der Waals surface area (Å²) in [6.07, 6.45) is 0.0972. The maximum absolute atomic E-state index is 12.6.